The largest absolute Gasteiger partial charge is 0.481 e. The summed E-state index contributed by atoms with van der Waals surface area (Å²) >= 11 is 0. The Balaban J connectivity index is 1.71. The second kappa shape index (κ2) is 4.23. The Bertz CT molecular complexity index is 454. The van der Waals surface area contributed by atoms with E-state index in [2.05, 4.69) is 9.78 Å². The fraction of sp³-hybridized carbons (Fsp3) is 0.800. The molecule has 0 aromatic carbocycles. The number of methoxy groups -OCH3 is 1. The predicted molar refractivity (Wildman–Crippen MR) is 72.8 cm³/mol. The molecule has 4 fully saturated rings. The Labute approximate surface area is 114 Å². The molecule has 2 N–H and O–H groups in total. The van der Waals surface area contributed by atoms with Crippen molar-refractivity contribution in [2.45, 2.75) is 44.7 Å². The van der Waals surface area contributed by atoms with Crippen molar-refractivity contribution in [1.82, 2.24) is 9.78 Å². The smallest absolute Gasteiger partial charge is 0.216 e. The SMILES string of the molecule is COc1c(CN)cnn1C1C2CC3CC(C2)CC1C3. The van der Waals surface area contributed by atoms with Crippen molar-refractivity contribution < 1.29 is 4.74 Å². The van der Waals surface area contributed by atoms with Gasteiger partial charge in [0, 0.05) is 12.1 Å². The van der Waals surface area contributed by atoms with Gasteiger partial charge in [-0.2, -0.15) is 5.10 Å². The number of nitrogens with zero attached hydrogens (tertiary/aromatic N) is 2. The molecule has 4 nitrogen and oxygen atoms in total. The fourth-order valence-electron chi connectivity index (χ4n) is 5.26. The zero-order valence-corrected chi connectivity index (χ0v) is 11.6. The van der Waals surface area contributed by atoms with Gasteiger partial charge in [0.2, 0.25) is 5.88 Å². The molecular weight excluding hydrogens is 238 g/mol. The van der Waals surface area contributed by atoms with Crippen molar-refractivity contribution in [1.29, 1.82) is 0 Å². The topological polar surface area (TPSA) is 53.1 Å². The number of hydrogen-bond donors (Lipinski definition) is 1. The Morgan fingerprint density at radius 1 is 1.21 bits per heavy atom. The first-order valence-electron chi connectivity index (χ1n) is 7.60. The van der Waals surface area contributed by atoms with Crippen LogP contribution in [0.2, 0.25) is 0 Å². The van der Waals surface area contributed by atoms with Gasteiger partial charge in [-0.15, -0.1) is 0 Å². The maximum absolute atomic E-state index is 5.78. The van der Waals surface area contributed by atoms with Gasteiger partial charge in [-0.1, -0.05) is 0 Å². The van der Waals surface area contributed by atoms with Crippen molar-refractivity contribution in [2.75, 3.05) is 7.11 Å². The summed E-state index contributed by atoms with van der Waals surface area (Å²) in [6.07, 6.45) is 8.99. The molecule has 1 heterocycles. The van der Waals surface area contributed by atoms with Gasteiger partial charge in [0.25, 0.3) is 0 Å². The molecule has 0 radical (unpaired) electrons. The van der Waals surface area contributed by atoms with Crippen molar-refractivity contribution in [3.63, 3.8) is 0 Å². The van der Waals surface area contributed by atoms with Gasteiger partial charge in [0.05, 0.1) is 19.3 Å². The predicted octanol–water partition coefficient (Wildman–Crippen LogP) is 2.35. The Morgan fingerprint density at radius 3 is 2.37 bits per heavy atom. The first-order valence-corrected chi connectivity index (χ1v) is 7.60. The zero-order chi connectivity index (χ0) is 13.0. The van der Waals surface area contributed by atoms with Crippen LogP contribution in [-0.4, -0.2) is 16.9 Å². The first kappa shape index (κ1) is 11.8. The summed E-state index contributed by atoms with van der Waals surface area (Å²) in [4.78, 5) is 0. The summed E-state index contributed by atoms with van der Waals surface area (Å²) in [6.45, 7) is 0.510. The molecule has 0 amide bonds. The van der Waals surface area contributed by atoms with Gasteiger partial charge in [-0.05, 0) is 55.8 Å². The second-order valence-electron chi connectivity index (χ2n) is 6.75. The van der Waals surface area contributed by atoms with E-state index in [9.17, 15) is 0 Å². The summed E-state index contributed by atoms with van der Waals surface area (Å²) in [5, 5.41) is 4.62. The number of hydrogen-bond acceptors (Lipinski definition) is 3. The van der Waals surface area contributed by atoms with E-state index in [4.69, 9.17) is 10.5 Å². The summed E-state index contributed by atoms with van der Waals surface area (Å²) in [5.74, 6) is 4.52. The van der Waals surface area contributed by atoms with Crippen LogP contribution in [0.5, 0.6) is 5.88 Å². The molecule has 4 aliphatic carbocycles. The van der Waals surface area contributed by atoms with Gasteiger partial charge in [0.1, 0.15) is 0 Å². The van der Waals surface area contributed by atoms with Gasteiger partial charge in [0.15, 0.2) is 0 Å². The van der Waals surface area contributed by atoms with Crippen molar-refractivity contribution in [3.05, 3.63) is 11.8 Å². The average Bonchev–Trinajstić information content (AvgIpc) is 2.80. The van der Waals surface area contributed by atoms with Crippen molar-refractivity contribution in [2.24, 2.45) is 29.4 Å². The highest BCUT2D eigenvalue weighted by molar-refractivity contribution is 5.25. The third-order valence-electron chi connectivity index (χ3n) is 5.69. The van der Waals surface area contributed by atoms with Crippen LogP contribution in [0.4, 0.5) is 0 Å². The van der Waals surface area contributed by atoms with E-state index < -0.39 is 0 Å². The lowest BCUT2D eigenvalue weighted by Gasteiger charge is -2.54. The summed E-state index contributed by atoms with van der Waals surface area (Å²) in [7, 11) is 1.74. The van der Waals surface area contributed by atoms with Crippen molar-refractivity contribution in [3.8, 4) is 5.88 Å². The van der Waals surface area contributed by atoms with Gasteiger partial charge >= 0.3 is 0 Å². The number of rotatable bonds is 3. The normalized spacial score (nSPS) is 39.8. The Hall–Kier alpha value is -1.03. The number of aromatic nitrogens is 2. The summed E-state index contributed by atoms with van der Waals surface area (Å²) in [5.41, 5.74) is 6.82. The van der Waals surface area contributed by atoms with Crippen LogP contribution in [0.25, 0.3) is 0 Å². The van der Waals surface area contributed by atoms with Crippen LogP contribution in [0.15, 0.2) is 6.20 Å². The van der Waals surface area contributed by atoms with Crippen molar-refractivity contribution >= 4 is 0 Å². The molecule has 0 unspecified atom stereocenters. The highest BCUT2D eigenvalue weighted by atomic mass is 16.5. The second-order valence-corrected chi connectivity index (χ2v) is 6.75. The molecule has 4 bridgehead atoms. The highest BCUT2D eigenvalue weighted by Crippen LogP contribution is 2.58. The molecule has 19 heavy (non-hydrogen) atoms. The molecular formula is C15H23N3O. The first-order chi connectivity index (χ1) is 9.30. The summed E-state index contributed by atoms with van der Waals surface area (Å²) in [6, 6.07) is 0.558. The Kier molecular flexibility index (Phi) is 2.62. The molecule has 0 saturated heterocycles. The minimum Gasteiger partial charge on any atom is -0.481 e. The van der Waals surface area contributed by atoms with E-state index in [0.717, 1.165) is 35.1 Å². The highest BCUT2D eigenvalue weighted by Gasteiger charge is 2.49. The lowest BCUT2D eigenvalue weighted by atomic mass is 9.54. The monoisotopic (exact) mass is 261 g/mol. The third-order valence-corrected chi connectivity index (χ3v) is 5.69. The number of nitrogens with two attached hydrogens (primary N) is 1. The molecule has 0 aliphatic heterocycles. The third kappa shape index (κ3) is 1.65. The standard InChI is InChI=1S/C15H23N3O/c1-19-15-13(7-16)8-17-18(15)14-11-3-9-2-10(5-11)6-12(14)4-9/h8-12,14H,2-7,16H2,1H3. The lowest BCUT2D eigenvalue weighted by molar-refractivity contribution is -0.0360. The molecule has 4 aliphatic rings. The molecule has 104 valence electrons. The fourth-order valence-corrected chi connectivity index (χ4v) is 5.26. The quantitative estimate of drug-likeness (QED) is 0.908. The lowest BCUT2D eigenvalue weighted by Crippen LogP contribution is -2.46. The molecule has 1 aromatic heterocycles. The van der Waals surface area contributed by atoms with Gasteiger partial charge < -0.3 is 10.5 Å². The van der Waals surface area contributed by atoms with E-state index in [1.807, 2.05) is 6.20 Å². The molecule has 5 rings (SSSR count). The molecule has 0 atom stereocenters. The average molecular weight is 261 g/mol. The van der Waals surface area contributed by atoms with E-state index in [-0.39, 0.29) is 0 Å². The van der Waals surface area contributed by atoms with Crippen LogP contribution in [0.3, 0.4) is 0 Å². The van der Waals surface area contributed by atoms with E-state index >= 15 is 0 Å². The van der Waals surface area contributed by atoms with Crippen LogP contribution in [0, 0.1) is 23.7 Å². The molecule has 1 aromatic rings. The van der Waals surface area contributed by atoms with Gasteiger partial charge in [-0.3, -0.25) is 0 Å². The maximum Gasteiger partial charge on any atom is 0.216 e. The van der Waals surface area contributed by atoms with Crippen LogP contribution < -0.4 is 10.5 Å². The van der Waals surface area contributed by atoms with E-state index in [1.165, 1.54) is 32.1 Å². The van der Waals surface area contributed by atoms with E-state index in [1.54, 1.807) is 7.11 Å². The number of ether oxygens (including phenoxy) is 1. The molecule has 0 spiro atoms. The van der Waals surface area contributed by atoms with Gasteiger partial charge in [-0.25, -0.2) is 4.68 Å². The Morgan fingerprint density at radius 2 is 1.84 bits per heavy atom. The minimum atomic E-state index is 0.510. The van der Waals surface area contributed by atoms with Crippen LogP contribution >= 0.6 is 0 Å². The zero-order valence-electron chi connectivity index (χ0n) is 11.6. The molecule has 4 heteroatoms. The van der Waals surface area contributed by atoms with Crippen LogP contribution in [-0.2, 0) is 6.54 Å². The van der Waals surface area contributed by atoms with E-state index in [0.29, 0.717) is 12.6 Å². The van der Waals surface area contributed by atoms with Crippen LogP contribution in [0.1, 0.15) is 43.7 Å². The minimum absolute atomic E-state index is 0.510. The molecule has 4 saturated carbocycles. The summed E-state index contributed by atoms with van der Waals surface area (Å²) < 4.78 is 7.75. The maximum atomic E-state index is 5.78.